The van der Waals surface area contributed by atoms with E-state index >= 15 is 0 Å². The molecule has 4 aromatic rings. The van der Waals surface area contributed by atoms with Gasteiger partial charge in [0.1, 0.15) is 22.5 Å². The van der Waals surface area contributed by atoms with Gasteiger partial charge in [-0.2, -0.15) is 10.2 Å². The van der Waals surface area contributed by atoms with Crippen molar-refractivity contribution in [3.05, 3.63) is 105 Å². The van der Waals surface area contributed by atoms with Crippen LogP contribution in [0.5, 0.6) is 11.5 Å². The first-order chi connectivity index (χ1) is 18.6. The van der Waals surface area contributed by atoms with E-state index in [1.54, 1.807) is 24.3 Å². The van der Waals surface area contributed by atoms with Crippen LogP contribution < -0.4 is 0 Å². The molecule has 0 saturated heterocycles. The number of nitrogens with zero attached hydrogens (tertiary/aromatic N) is 4. The Labute approximate surface area is 231 Å². The Bertz CT molecular complexity index is 1500. The van der Waals surface area contributed by atoms with Gasteiger partial charge in [-0.15, -0.1) is 10.2 Å². The van der Waals surface area contributed by atoms with Crippen molar-refractivity contribution in [3.63, 3.8) is 0 Å². The van der Waals surface area contributed by atoms with Crippen molar-refractivity contribution in [1.29, 1.82) is 0 Å². The second-order valence-corrected chi connectivity index (χ2v) is 9.04. The van der Waals surface area contributed by atoms with Crippen molar-refractivity contribution < 1.29 is 30.0 Å². The molecule has 39 heavy (non-hydrogen) atoms. The molecule has 0 saturated carbocycles. The highest BCUT2D eigenvalue weighted by atomic mass is 35.5. The predicted molar refractivity (Wildman–Crippen MR) is 144 cm³/mol. The molecule has 0 bridgehead atoms. The third-order valence-electron chi connectivity index (χ3n) is 5.40. The zero-order valence-corrected chi connectivity index (χ0v) is 21.3. The van der Waals surface area contributed by atoms with E-state index in [0.717, 1.165) is 23.3 Å². The van der Waals surface area contributed by atoms with Crippen molar-refractivity contribution in [2.24, 2.45) is 20.5 Å². The van der Waals surface area contributed by atoms with Crippen LogP contribution in [0.25, 0.3) is 0 Å². The summed E-state index contributed by atoms with van der Waals surface area (Å²) in [4.78, 5) is 22.4. The van der Waals surface area contributed by atoms with Gasteiger partial charge in [0.05, 0.1) is 11.4 Å². The van der Waals surface area contributed by atoms with Gasteiger partial charge in [-0.3, -0.25) is 0 Å². The number of carboxylic acid groups (broad SMARTS) is 2. The van der Waals surface area contributed by atoms with Crippen molar-refractivity contribution in [2.45, 2.75) is 6.42 Å². The minimum Gasteiger partial charge on any atom is -0.505 e. The largest absolute Gasteiger partial charge is 0.505 e. The molecule has 4 N–H and O–H groups in total. The number of phenols is 2. The quantitative estimate of drug-likeness (QED) is 0.157. The minimum absolute atomic E-state index is 0.0610. The van der Waals surface area contributed by atoms with E-state index in [4.69, 9.17) is 33.4 Å². The number of carboxylic acids is 2. The molecule has 0 amide bonds. The van der Waals surface area contributed by atoms with Crippen LogP contribution in [0.3, 0.4) is 0 Å². The highest BCUT2D eigenvalue weighted by Crippen LogP contribution is 2.36. The lowest BCUT2D eigenvalue weighted by Gasteiger charge is -2.05. The van der Waals surface area contributed by atoms with Gasteiger partial charge < -0.3 is 20.4 Å². The number of rotatable bonds is 8. The van der Waals surface area contributed by atoms with Crippen LogP contribution in [-0.4, -0.2) is 32.4 Å². The molecule has 0 fully saturated rings. The van der Waals surface area contributed by atoms with Gasteiger partial charge in [-0.1, -0.05) is 47.5 Å². The number of aromatic carboxylic acids is 2. The van der Waals surface area contributed by atoms with Gasteiger partial charge in [-0.25, -0.2) is 9.59 Å². The first-order valence-electron chi connectivity index (χ1n) is 11.1. The number of aromatic hydroxyl groups is 2. The fourth-order valence-electron chi connectivity index (χ4n) is 3.47. The van der Waals surface area contributed by atoms with Crippen LogP contribution in [0.2, 0.25) is 10.0 Å². The maximum absolute atomic E-state index is 11.2. The zero-order chi connectivity index (χ0) is 28.1. The first-order valence-corrected chi connectivity index (χ1v) is 11.9. The maximum Gasteiger partial charge on any atom is 0.339 e. The lowest BCUT2D eigenvalue weighted by atomic mass is 10.0. The van der Waals surface area contributed by atoms with Crippen molar-refractivity contribution in [3.8, 4) is 11.5 Å². The number of hydrogen-bond acceptors (Lipinski definition) is 8. The Kier molecular flexibility index (Phi) is 8.18. The molecule has 0 unspecified atom stereocenters. The summed E-state index contributed by atoms with van der Waals surface area (Å²) in [5.41, 5.74) is 2.08. The number of azo groups is 2. The summed E-state index contributed by atoms with van der Waals surface area (Å²) in [5.74, 6) is -3.71. The number of hydrogen-bond donors (Lipinski definition) is 4. The summed E-state index contributed by atoms with van der Waals surface area (Å²) < 4.78 is 0. The third kappa shape index (κ3) is 6.75. The van der Waals surface area contributed by atoms with Crippen LogP contribution in [0, 0.1) is 0 Å². The van der Waals surface area contributed by atoms with E-state index < -0.39 is 23.4 Å². The molecule has 196 valence electrons. The molecule has 0 atom stereocenters. The van der Waals surface area contributed by atoms with Crippen LogP contribution >= 0.6 is 23.2 Å². The fraction of sp³-hybridized carbons (Fsp3) is 0.0370. The Morgan fingerprint density at radius 3 is 1.28 bits per heavy atom. The number of halogens is 2. The molecule has 0 aliphatic rings. The van der Waals surface area contributed by atoms with Crippen molar-refractivity contribution in [1.82, 2.24) is 0 Å². The fourth-order valence-corrected chi connectivity index (χ4v) is 3.89. The molecule has 0 aliphatic carbocycles. The highest BCUT2D eigenvalue weighted by molar-refractivity contribution is 6.31. The standard InChI is InChI=1S/C27H18Cl2N4O6/c28-16-10-20(26(36)37)24(34)22(12-16)32-30-18-5-1-14(2-6-18)9-15-3-7-19(8-4-15)31-33-23-13-17(29)11-21(25(23)35)27(38)39/h1-8,10-13,34-35H,9H2,(H,36,37)(H,38,39). The molecule has 0 heterocycles. The molecule has 4 rings (SSSR count). The van der Waals surface area contributed by atoms with Gasteiger partial charge in [-0.05, 0) is 66.1 Å². The lowest BCUT2D eigenvalue weighted by Crippen LogP contribution is -1.96. The molecule has 0 radical (unpaired) electrons. The van der Waals surface area contributed by atoms with E-state index in [9.17, 15) is 19.8 Å². The van der Waals surface area contributed by atoms with Gasteiger partial charge in [0, 0.05) is 10.0 Å². The average Bonchev–Trinajstić information content (AvgIpc) is 2.90. The minimum atomic E-state index is -1.33. The highest BCUT2D eigenvalue weighted by Gasteiger charge is 2.16. The van der Waals surface area contributed by atoms with E-state index in [0.29, 0.717) is 17.8 Å². The maximum atomic E-state index is 11.2. The Morgan fingerprint density at radius 1 is 0.590 bits per heavy atom. The van der Waals surface area contributed by atoms with Gasteiger partial charge in [0.2, 0.25) is 0 Å². The molecule has 10 nitrogen and oxygen atoms in total. The summed E-state index contributed by atoms with van der Waals surface area (Å²) in [6.07, 6.45) is 0.600. The van der Waals surface area contributed by atoms with Crippen LogP contribution in [-0.2, 0) is 6.42 Å². The molecule has 0 aliphatic heterocycles. The monoisotopic (exact) mass is 564 g/mol. The topological polar surface area (TPSA) is 164 Å². The summed E-state index contributed by atoms with van der Waals surface area (Å²) in [6.45, 7) is 0. The van der Waals surface area contributed by atoms with Gasteiger partial charge in [0.25, 0.3) is 0 Å². The van der Waals surface area contributed by atoms with Crippen LogP contribution in [0.15, 0.2) is 93.3 Å². The van der Waals surface area contributed by atoms with E-state index in [1.165, 1.54) is 12.1 Å². The number of carbonyl (C=O) groups is 2. The zero-order valence-electron chi connectivity index (χ0n) is 19.8. The van der Waals surface area contributed by atoms with Gasteiger partial charge >= 0.3 is 11.9 Å². The van der Waals surface area contributed by atoms with E-state index in [2.05, 4.69) is 20.5 Å². The Balaban J connectivity index is 1.42. The SMILES string of the molecule is O=C(O)c1cc(Cl)cc(N=Nc2ccc(Cc3ccc(N=Nc4cc(Cl)cc(C(=O)O)c4O)cc3)cc2)c1O. The van der Waals surface area contributed by atoms with Crippen molar-refractivity contribution >= 4 is 57.9 Å². The molecule has 4 aromatic carbocycles. The number of benzene rings is 4. The molecule has 12 heteroatoms. The lowest BCUT2D eigenvalue weighted by molar-refractivity contribution is 0.0682. The molecule has 0 aromatic heterocycles. The molecular formula is C27H18Cl2N4O6. The summed E-state index contributed by atoms with van der Waals surface area (Å²) in [5, 5.41) is 54.6. The van der Waals surface area contributed by atoms with E-state index in [-0.39, 0.29) is 32.5 Å². The third-order valence-corrected chi connectivity index (χ3v) is 5.83. The first kappa shape index (κ1) is 27.2. The smallest absolute Gasteiger partial charge is 0.339 e. The summed E-state index contributed by atoms with van der Waals surface area (Å²) in [6, 6.07) is 19.2. The molecular weight excluding hydrogens is 547 g/mol. The van der Waals surface area contributed by atoms with Crippen molar-refractivity contribution in [2.75, 3.05) is 0 Å². The van der Waals surface area contributed by atoms with E-state index in [1.807, 2.05) is 24.3 Å². The Morgan fingerprint density at radius 2 is 0.949 bits per heavy atom. The normalized spacial score (nSPS) is 11.3. The predicted octanol–water partition coefficient (Wildman–Crippen LogP) is 8.22. The summed E-state index contributed by atoms with van der Waals surface area (Å²) >= 11 is 11.8. The van der Waals surface area contributed by atoms with Crippen LogP contribution in [0.1, 0.15) is 31.8 Å². The molecule has 0 spiro atoms. The average molecular weight is 565 g/mol. The second-order valence-electron chi connectivity index (χ2n) is 8.16. The van der Waals surface area contributed by atoms with Crippen LogP contribution in [0.4, 0.5) is 22.7 Å². The Hall–Kier alpha value is -4.80. The summed E-state index contributed by atoms with van der Waals surface area (Å²) in [7, 11) is 0. The van der Waals surface area contributed by atoms with Gasteiger partial charge in [0.15, 0.2) is 11.5 Å². The second kappa shape index (κ2) is 11.7.